The van der Waals surface area contributed by atoms with Gasteiger partial charge in [-0.2, -0.15) is 4.98 Å². The van der Waals surface area contributed by atoms with Gasteiger partial charge in [-0.1, -0.05) is 32.0 Å². The molecule has 0 unspecified atom stereocenters. The van der Waals surface area contributed by atoms with Crippen LogP contribution < -0.4 is 9.88 Å². The van der Waals surface area contributed by atoms with Gasteiger partial charge >= 0.3 is 6.01 Å². The van der Waals surface area contributed by atoms with Crippen LogP contribution in [0, 0.1) is 5.41 Å². The molecule has 1 aromatic carbocycles. The summed E-state index contributed by atoms with van der Waals surface area (Å²) < 4.78 is 29.3. The van der Waals surface area contributed by atoms with Gasteiger partial charge in [0.25, 0.3) is 0 Å². The lowest BCUT2D eigenvalue weighted by atomic mass is 9.98. The van der Waals surface area contributed by atoms with Gasteiger partial charge in [-0.05, 0) is 12.1 Å². The van der Waals surface area contributed by atoms with Crippen LogP contribution in [0.4, 0.5) is 0 Å². The number of rotatable bonds is 6. The second-order valence-electron chi connectivity index (χ2n) is 5.57. The lowest BCUT2D eigenvalue weighted by Gasteiger charge is -2.22. The summed E-state index contributed by atoms with van der Waals surface area (Å²) in [5.41, 5.74) is 0.245. The van der Waals surface area contributed by atoms with Crippen molar-refractivity contribution in [1.82, 2.24) is 14.8 Å². The fraction of sp³-hybridized carbons (Fsp3) is 0.385. The van der Waals surface area contributed by atoms with E-state index in [1.807, 2.05) is 30.3 Å². The van der Waals surface area contributed by atoms with E-state index in [0.717, 1.165) is 5.69 Å². The maximum absolute atomic E-state index is 11.1. The zero-order valence-corrected chi connectivity index (χ0v) is 12.7. The van der Waals surface area contributed by atoms with Gasteiger partial charge < -0.3 is 4.74 Å². The molecule has 0 aliphatic heterocycles. The van der Waals surface area contributed by atoms with Crippen molar-refractivity contribution in [3.8, 4) is 11.7 Å². The molecule has 7 nitrogen and oxygen atoms in total. The lowest BCUT2D eigenvalue weighted by molar-refractivity contribution is 0.186. The van der Waals surface area contributed by atoms with E-state index < -0.39 is 15.4 Å². The van der Waals surface area contributed by atoms with Crippen LogP contribution in [0.5, 0.6) is 6.01 Å². The van der Waals surface area contributed by atoms with Gasteiger partial charge in [-0.25, -0.2) is 18.2 Å². The maximum atomic E-state index is 11.1. The third-order valence-electron chi connectivity index (χ3n) is 2.68. The van der Waals surface area contributed by atoms with E-state index in [-0.39, 0.29) is 18.4 Å². The van der Waals surface area contributed by atoms with E-state index in [0.29, 0.717) is 0 Å². The van der Waals surface area contributed by atoms with Crippen LogP contribution in [0.3, 0.4) is 0 Å². The molecule has 2 N–H and O–H groups in total. The number of ether oxygens (including phenoxy) is 1. The average molecular weight is 310 g/mol. The van der Waals surface area contributed by atoms with Crippen molar-refractivity contribution in [1.29, 1.82) is 0 Å². The molecule has 0 aliphatic carbocycles. The predicted octanol–water partition coefficient (Wildman–Crippen LogP) is 0.961. The van der Waals surface area contributed by atoms with Gasteiger partial charge in [0.1, 0.15) is 6.33 Å². The highest BCUT2D eigenvalue weighted by Gasteiger charge is 2.25. The Bertz CT molecular complexity index is 695. The largest absolute Gasteiger partial charge is 0.462 e. The van der Waals surface area contributed by atoms with Gasteiger partial charge in [0, 0.05) is 5.41 Å². The van der Waals surface area contributed by atoms with Crippen molar-refractivity contribution in [2.75, 3.05) is 12.4 Å². The molecule has 114 valence electrons. The van der Waals surface area contributed by atoms with Crippen LogP contribution in [0.15, 0.2) is 36.7 Å². The minimum absolute atomic E-state index is 0.155. The highest BCUT2D eigenvalue weighted by Crippen LogP contribution is 2.18. The number of sulfonamides is 1. The number of nitrogens with two attached hydrogens (primary N) is 1. The highest BCUT2D eigenvalue weighted by molar-refractivity contribution is 7.89. The van der Waals surface area contributed by atoms with E-state index in [1.54, 1.807) is 18.5 Å². The first-order valence-electron chi connectivity index (χ1n) is 6.36. The Kier molecular flexibility index (Phi) is 4.29. The molecular weight excluding hydrogens is 292 g/mol. The van der Waals surface area contributed by atoms with E-state index in [4.69, 9.17) is 9.88 Å². The molecule has 2 rings (SSSR count). The Labute approximate surface area is 123 Å². The molecule has 0 saturated heterocycles. The van der Waals surface area contributed by atoms with Crippen LogP contribution in [0.2, 0.25) is 0 Å². The second-order valence-corrected chi connectivity index (χ2v) is 7.18. The molecule has 1 heterocycles. The second kappa shape index (κ2) is 5.82. The summed E-state index contributed by atoms with van der Waals surface area (Å²) in [7, 11) is -3.55. The molecule has 1 aromatic heterocycles. The molecule has 0 atom stereocenters. The Morgan fingerprint density at radius 2 is 1.95 bits per heavy atom. The Hall–Kier alpha value is -1.93. The minimum atomic E-state index is -3.55. The van der Waals surface area contributed by atoms with E-state index in [1.165, 1.54) is 6.33 Å². The number of benzene rings is 1. The molecule has 8 heteroatoms. The van der Waals surface area contributed by atoms with Crippen molar-refractivity contribution in [3.63, 3.8) is 0 Å². The SMILES string of the molecule is CC(C)(COc1ncn(-c2ccccc2)n1)CS(N)(=O)=O. The monoisotopic (exact) mass is 310 g/mol. The molecule has 2 aromatic rings. The van der Waals surface area contributed by atoms with E-state index in [9.17, 15) is 8.42 Å². The third kappa shape index (κ3) is 4.83. The molecule has 0 bridgehead atoms. The zero-order chi connectivity index (χ0) is 15.5. The minimum Gasteiger partial charge on any atom is -0.462 e. The summed E-state index contributed by atoms with van der Waals surface area (Å²) >= 11 is 0. The highest BCUT2D eigenvalue weighted by atomic mass is 32.2. The number of para-hydroxylation sites is 1. The molecule has 0 spiro atoms. The van der Waals surface area contributed by atoms with Crippen molar-refractivity contribution >= 4 is 10.0 Å². The maximum Gasteiger partial charge on any atom is 0.335 e. The van der Waals surface area contributed by atoms with Crippen LogP contribution >= 0.6 is 0 Å². The topological polar surface area (TPSA) is 100 Å². The van der Waals surface area contributed by atoms with E-state index in [2.05, 4.69) is 10.1 Å². The van der Waals surface area contributed by atoms with Gasteiger partial charge in [0.15, 0.2) is 0 Å². The number of primary sulfonamides is 1. The summed E-state index contributed by atoms with van der Waals surface area (Å²) in [6.45, 7) is 3.67. The summed E-state index contributed by atoms with van der Waals surface area (Å²) in [5.74, 6) is -0.167. The van der Waals surface area contributed by atoms with Crippen LogP contribution in [-0.2, 0) is 10.0 Å². The van der Waals surface area contributed by atoms with Crippen molar-refractivity contribution < 1.29 is 13.2 Å². The molecule has 0 amide bonds. The Morgan fingerprint density at radius 3 is 2.57 bits per heavy atom. The zero-order valence-electron chi connectivity index (χ0n) is 11.9. The quantitative estimate of drug-likeness (QED) is 0.856. The molecule has 0 saturated carbocycles. The van der Waals surface area contributed by atoms with Gasteiger partial charge in [0.2, 0.25) is 10.0 Å². The number of hydrogen-bond donors (Lipinski definition) is 1. The van der Waals surface area contributed by atoms with Crippen molar-refractivity contribution in [3.05, 3.63) is 36.7 Å². The van der Waals surface area contributed by atoms with Crippen molar-refractivity contribution in [2.24, 2.45) is 10.6 Å². The van der Waals surface area contributed by atoms with Gasteiger partial charge in [-0.15, -0.1) is 5.10 Å². The van der Waals surface area contributed by atoms with E-state index >= 15 is 0 Å². The first kappa shape index (κ1) is 15.5. The van der Waals surface area contributed by atoms with Crippen LogP contribution in [0.1, 0.15) is 13.8 Å². The molecule has 21 heavy (non-hydrogen) atoms. The van der Waals surface area contributed by atoms with Crippen LogP contribution in [0.25, 0.3) is 5.69 Å². The number of hydrogen-bond acceptors (Lipinski definition) is 5. The Balaban J connectivity index is 2.00. The summed E-state index contributed by atoms with van der Waals surface area (Å²) in [6, 6.07) is 9.68. The first-order chi connectivity index (χ1) is 9.75. The molecule has 0 radical (unpaired) electrons. The molecular formula is C13H18N4O3S. The lowest BCUT2D eigenvalue weighted by Crippen LogP contribution is -2.33. The average Bonchev–Trinajstić information content (AvgIpc) is 2.84. The Morgan fingerprint density at radius 1 is 1.29 bits per heavy atom. The number of nitrogens with zero attached hydrogens (tertiary/aromatic N) is 3. The normalized spacial score (nSPS) is 12.3. The first-order valence-corrected chi connectivity index (χ1v) is 8.07. The number of aromatic nitrogens is 3. The van der Waals surface area contributed by atoms with Crippen molar-refractivity contribution in [2.45, 2.75) is 13.8 Å². The summed E-state index contributed by atoms with van der Waals surface area (Å²) in [6.07, 6.45) is 1.54. The molecule has 0 fully saturated rings. The fourth-order valence-electron chi connectivity index (χ4n) is 1.87. The van der Waals surface area contributed by atoms with Crippen LogP contribution in [-0.4, -0.2) is 35.5 Å². The summed E-state index contributed by atoms with van der Waals surface area (Å²) in [4.78, 5) is 4.04. The predicted molar refractivity (Wildman–Crippen MR) is 78.6 cm³/mol. The third-order valence-corrected chi connectivity index (χ3v) is 3.86. The summed E-state index contributed by atoms with van der Waals surface area (Å²) in [5, 5.41) is 9.23. The van der Waals surface area contributed by atoms with Gasteiger partial charge in [-0.3, -0.25) is 0 Å². The fourth-order valence-corrected chi connectivity index (χ4v) is 3.04. The standard InChI is InChI=1S/C13H18N4O3S/c1-13(2,9-21(14,18)19)8-20-12-15-10-17(16-12)11-6-4-3-5-7-11/h3-7,10H,8-9H2,1-2H3,(H2,14,18,19). The van der Waals surface area contributed by atoms with Gasteiger partial charge in [0.05, 0.1) is 18.0 Å². The molecule has 0 aliphatic rings. The smallest absolute Gasteiger partial charge is 0.335 e.